The van der Waals surface area contributed by atoms with Crippen molar-refractivity contribution in [3.63, 3.8) is 0 Å². The zero-order valence-electron chi connectivity index (χ0n) is 15.7. The Balaban J connectivity index is 1.39. The van der Waals surface area contributed by atoms with E-state index in [4.69, 9.17) is 21.3 Å². The molecule has 1 aromatic heterocycles. The Hall–Kier alpha value is -2.00. The quantitative estimate of drug-likeness (QED) is 0.430. The maximum Gasteiger partial charge on any atom is 0.119 e. The summed E-state index contributed by atoms with van der Waals surface area (Å²) in [5.41, 5.74) is 2.41. The third-order valence-corrected chi connectivity index (χ3v) is 5.76. The van der Waals surface area contributed by atoms with Crippen molar-refractivity contribution in [3.05, 3.63) is 59.4 Å². The fraction of sp³-hybridized carbons (Fsp3) is 0.435. The molecule has 1 aliphatic rings. The van der Waals surface area contributed by atoms with Gasteiger partial charge in [-0.05, 0) is 62.1 Å². The van der Waals surface area contributed by atoms with Crippen LogP contribution >= 0.6 is 11.6 Å². The van der Waals surface area contributed by atoms with Crippen molar-refractivity contribution in [2.45, 2.75) is 57.4 Å². The number of unbranched alkanes of at least 4 members (excludes halogenated alkanes) is 1. The highest BCUT2D eigenvalue weighted by atomic mass is 35.5. The van der Waals surface area contributed by atoms with E-state index in [0.717, 1.165) is 42.3 Å². The summed E-state index contributed by atoms with van der Waals surface area (Å²) in [7, 11) is 0. The van der Waals surface area contributed by atoms with E-state index in [9.17, 15) is 0 Å². The van der Waals surface area contributed by atoms with Crippen molar-refractivity contribution in [1.29, 1.82) is 0 Å². The lowest BCUT2D eigenvalue weighted by Gasteiger charge is -2.22. The molecule has 0 atom stereocenters. The van der Waals surface area contributed by atoms with Crippen LogP contribution in [-0.4, -0.2) is 16.2 Å². The zero-order chi connectivity index (χ0) is 18.5. The van der Waals surface area contributed by atoms with Gasteiger partial charge in [0.05, 0.1) is 17.6 Å². The van der Waals surface area contributed by atoms with Gasteiger partial charge in [0.1, 0.15) is 11.6 Å². The fourth-order valence-corrected chi connectivity index (χ4v) is 4.22. The van der Waals surface area contributed by atoms with Gasteiger partial charge in [-0.1, -0.05) is 43.0 Å². The molecule has 142 valence electrons. The summed E-state index contributed by atoms with van der Waals surface area (Å²) >= 11 is 5.91. The van der Waals surface area contributed by atoms with E-state index in [1.165, 1.54) is 43.4 Å². The molecule has 0 amide bonds. The number of para-hydroxylation sites is 2. The molecule has 4 heteroatoms. The molecular formula is C23H27ClN2O. The molecule has 27 heavy (non-hydrogen) atoms. The summed E-state index contributed by atoms with van der Waals surface area (Å²) in [6.07, 6.45) is 8.73. The van der Waals surface area contributed by atoms with E-state index < -0.39 is 0 Å². The van der Waals surface area contributed by atoms with Gasteiger partial charge >= 0.3 is 0 Å². The van der Waals surface area contributed by atoms with E-state index in [1.807, 2.05) is 24.3 Å². The first-order chi connectivity index (χ1) is 13.3. The van der Waals surface area contributed by atoms with Crippen molar-refractivity contribution < 1.29 is 4.74 Å². The number of hydrogen-bond donors (Lipinski definition) is 0. The highest BCUT2D eigenvalue weighted by Gasteiger charge is 2.22. The van der Waals surface area contributed by atoms with E-state index in [0.29, 0.717) is 5.92 Å². The summed E-state index contributed by atoms with van der Waals surface area (Å²) in [4.78, 5) is 5.01. The molecule has 3 aromatic rings. The number of aromatic nitrogens is 2. The van der Waals surface area contributed by atoms with Gasteiger partial charge in [0.2, 0.25) is 0 Å². The lowest BCUT2D eigenvalue weighted by atomic mass is 9.88. The lowest BCUT2D eigenvalue weighted by Crippen LogP contribution is -2.13. The molecule has 3 nitrogen and oxygen atoms in total. The maximum atomic E-state index is 5.91. The largest absolute Gasteiger partial charge is 0.494 e. The smallest absolute Gasteiger partial charge is 0.119 e. The summed E-state index contributed by atoms with van der Waals surface area (Å²) in [6, 6.07) is 16.1. The summed E-state index contributed by atoms with van der Waals surface area (Å²) in [5, 5.41) is 0.740. The van der Waals surface area contributed by atoms with Gasteiger partial charge in [0.25, 0.3) is 0 Å². The van der Waals surface area contributed by atoms with Crippen LogP contribution in [0.1, 0.15) is 56.7 Å². The molecule has 2 aromatic carbocycles. The molecule has 0 radical (unpaired) electrons. The Morgan fingerprint density at radius 1 is 0.963 bits per heavy atom. The maximum absolute atomic E-state index is 5.91. The summed E-state index contributed by atoms with van der Waals surface area (Å²) in [6.45, 7) is 1.74. The Morgan fingerprint density at radius 3 is 2.56 bits per heavy atom. The predicted molar refractivity (Wildman–Crippen MR) is 112 cm³/mol. The van der Waals surface area contributed by atoms with E-state index in [2.05, 4.69) is 28.8 Å². The molecular weight excluding hydrogens is 356 g/mol. The molecule has 1 heterocycles. The second kappa shape index (κ2) is 8.79. The van der Waals surface area contributed by atoms with E-state index in [-0.39, 0.29) is 0 Å². The van der Waals surface area contributed by atoms with Crippen LogP contribution in [0.25, 0.3) is 11.0 Å². The highest BCUT2D eigenvalue weighted by molar-refractivity contribution is 6.30. The SMILES string of the molecule is Clc1ccc(OCCCCn2c(C3CCCCC3)nc3ccccc32)cc1. The number of ether oxygens (including phenoxy) is 1. The van der Waals surface area contributed by atoms with Crippen molar-refractivity contribution >= 4 is 22.6 Å². The van der Waals surface area contributed by atoms with Crippen LogP contribution in [0.15, 0.2) is 48.5 Å². The average molecular weight is 383 g/mol. The Bertz CT molecular complexity index is 866. The highest BCUT2D eigenvalue weighted by Crippen LogP contribution is 2.34. The first-order valence-electron chi connectivity index (χ1n) is 10.1. The van der Waals surface area contributed by atoms with Crippen LogP contribution in [0, 0.1) is 0 Å². The van der Waals surface area contributed by atoms with Crippen LogP contribution in [0.5, 0.6) is 5.75 Å². The molecule has 0 bridgehead atoms. The van der Waals surface area contributed by atoms with Gasteiger partial charge in [-0.2, -0.15) is 0 Å². The van der Waals surface area contributed by atoms with E-state index in [1.54, 1.807) is 0 Å². The number of imidazole rings is 1. The minimum atomic E-state index is 0.622. The number of halogens is 1. The minimum absolute atomic E-state index is 0.622. The van der Waals surface area contributed by atoms with Gasteiger partial charge < -0.3 is 9.30 Å². The third-order valence-electron chi connectivity index (χ3n) is 5.51. The average Bonchev–Trinajstić information content (AvgIpc) is 3.08. The van der Waals surface area contributed by atoms with Crippen LogP contribution in [0.2, 0.25) is 5.02 Å². The molecule has 0 saturated heterocycles. The van der Waals surface area contributed by atoms with Gasteiger partial charge in [0.15, 0.2) is 0 Å². The number of aryl methyl sites for hydroxylation is 1. The van der Waals surface area contributed by atoms with Crippen molar-refractivity contribution in [1.82, 2.24) is 9.55 Å². The number of benzene rings is 2. The Labute approximate surface area is 166 Å². The van der Waals surface area contributed by atoms with Crippen LogP contribution in [0.3, 0.4) is 0 Å². The zero-order valence-corrected chi connectivity index (χ0v) is 16.5. The third kappa shape index (κ3) is 4.47. The minimum Gasteiger partial charge on any atom is -0.494 e. The van der Waals surface area contributed by atoms with Crippen LogP contribution in [0.4, 0.5) is 0 Å². The summed E-state index contributed by atoms with van der Waals surface area (Å²) < 4.78 is 8.30. The molecule has 0 unspecified atom stereocenters. The Morgan fingerprint density at radius 2 is 1.74 bits per heavy atom. The topological polar surface area (TPSA) is 27.1 Å². The van der Waals surface area contributed by atoms with Crippen LogP contribution < -0.4 is 4.74 Å². The second-order valence-electron chi connectivity index (χ2n) is 7.45. The monoisotopic (exact) mass is 382 g/mol. The van der Waals surface area contributed by atoms with Gasteiger partial charge in [-0.25, -0.2) is 4.98 Å². The van der Waals surface area contributed by atoms with E-state index >= 15 is 0 Å². The fourth-order valence-electron chi connectivity index (χ4n) is 4.09. The normalized spacial score (nSPS) is 15.3. The molecule has 1 fully saturated rings. The lowest BCUT2D eigenvalue weighted by molar-refractivity contribution is 0.302. The molecule has 0 spiro atoms. The molecule has 0 aliphatic heterocycles. The van der Waals surface area contributed by atoms with Crippen molar-refractivity contribution in [3.8, 4) is 5.75 Å². The second-order valence-corrected chi connectivity index (χ2v) is 7.89. The predicted octanol–water partition coefficient (Wildman–Crippen LogP) is 6.60. The number of nitrogens with zero attached hydrogens (tertiary/aromatic N) is 2. The van der Waals surface area contributed by atoms with Crippen molar-refractivity contribution in [2.24, 2.45) is 0 Å². The number of fused-ring (bicyclic) bond motifs is 1. The van der Waals surface area contributed by atoms with Crippen LogP contribution in [-0.2, 0) is 6.54 Å². The number of rotatable bonds is 7. The standard InChI is InChI=1S/C23H27ClN2O/c24-19-12-14-20(15-13-19)27-17-7-6-16-26-22-11-5-4-10-21(22)25-23(26)18-8-2-1-3-9-18/h4-5,10-15,18H,1-3,6-9,16-17H2. The molecule has 1 aliphatic carbocycles. The van der Waals surface area contributed by atoms with Crippen molar-refractivity contribution in [2.75, 3.05) is 6.61 Å². The summed E-state index contributed by atoms with van der Waals surface area (Å²) in [5.74, 6) is 2.81. The molecule has 4 rings (SSSR count). The van der Waals surface area contributed by atoms with Gasteiger partial charge in [-0.15, -0.1) is 0 Å². The molecule has 0 N–H and O–H groups in total. The molecule has 1 saturated carbocycles. The first kappa shape index (κ1) is 18.4. The first-order valence-corrected chi connectivity index (χ1v) is 10.5. The van der Waals surface area contributed by atoms with Gasteiger partial charge in [-0.3, -0.25) is 0 Å². The number of hydrogen-bond acceptors (Lipinski definition) is 2. The van der Waals surface area contributed by atoms with Gasteiger partial charge in [0, 0.05) is 17.5 Å². The Kier molecular flexibility index (Phi) is 5.98.